The van der Waals surface area contributed by atoms with Crippen LogP contribution in [-0.2, 0) is 32.3 Å². The van der Waals surface area contributed by atoms with E-state index in [-0.39, 0.29) is 18.2 Å². The molecule has 0 saturated heterocycles. The molecule has 2 rings (SSSR count). The molecule has 0 spiro atoms. The van der Waals surface area contributed by atoms with Crippen molar-refractivity contribution in [2.45, 2.75) is 51.2 Å². The number of carbonyl (C=O) groups excluding carboxylic acids is 2. The lowest BCUT2D eigenvalue weighted by Gasteiger charge is -2.25. The second-order valence-electron chi connectivity index (χ2n) is 9.47. The van der Waals surface area contributed by atoms with Gasteiger partial charge in [-0.1, -0.05) is 74.0 Å². The number of nitrogens with one attached hydrogen (secondary N) is 3. The molecule has 11 heteroatoms. The summed E-state index contributed by atoms with van der Waals surface area (Å²) in [7, 11) is -0.746. The average molecular weight is 580 g/mol. The molecule has 0 aliphatic heterocycles. The average Bonchev–Trinajstić information content (AvgIpc) is 2.87. The van der Waals surface area contributed by atoms with Crippen molar-refractivity contribution in [2.75, 3.05) is 13.4 Å². The van der Waals surface area contributed by atoms with E-state index in [0.29, 0.717) is 18.6 Å². The molecule has 2 amide bonds. The number of benzene rings is 2. The van der Waals surface area contributed by atoms with Gasteiger partial charge in [0, 0.05) is 24.1 Å². The van der Waals surface area contributed by atoms with Crippen LogP contribution in [0.5, 0.6) is 5.75 Å². The van der Waals surface area contributed by atoms with Gasteiger partial charge in [-0.25, -0.2) is 13.1 Å². The maximum Gasteiger partial charge on any atom is 0.243 e. The first-order valence-electron chi connectivity index (χ1n) is 12.2. The summed E-state index contributed by atoms with van der Waals surface area (Å²) in [5.74, 6) is 0.169. The normalized spacial score (nSPS) is 14.2. The van der Waals surface area contributed by atoms with E-state index in [9.17, 15) is 18.0 Å². The van der Waals surface area contributed by atoms with Crippen molar-refractivity contribution in [3.8, 4) is 5.75 Å². The molecular formula is C27H37N3O5S3. The number of rotatable bonds is 15. The molecule has 38 heavy (non-hydrogen) atoms. The lowest BCUT2D eigenvalue weighted by atomic mass is 10.0. The van der Waals surface area contributed by atoms with Crippen LogP contribution in [0.3, 0.4) is 0 Å². The van der Waals surface area contributed by atoms with Gasteiger partial charge in [0.15, 0.2) is 9.84 Å². The zero-order chi connectivity index (χ0) is 28.1. The van der Waals surface area contributed by atoms with Gasteiger partial charge in [0.2, 0.25) is 11.8 Å². The predicted molar refractivity (Wildman–Crippen MR) is 158 cm³/mol. The Hall–Kier alpha value is -2.47. The Morgan fingerprint density at radius 2 is 1.53 bits per heavy atom. The van der Waals surface area contributed by atoms with Gasteiger partial charge in [0.1, 0.15) is 17.8 Å². The van der Waals surface area contributed by atoms with Crippen LogP contribution in [-0.4, -0.2) is 51.7 Å². The lowest BCUT2D eigenvalue weighted by molar-refractivity contribution is -0.130. The minimum atomic E-state index is -3.36. The van der Waals surface area contributed by atoms with Crippen LogP contribution in [0.1, 0.15) is 31.4 Å². The van der Waals surface area contributed by atoms with Crippen LogP contribution in [0.4, 0.5) is 0 Å². The molecule has 0 aliphatic rings. The summed E-state index contributed by atoms with van der Waals surface area (Å²) in [5, 5.41) is 6.92. The fraction of sp³-hybridized carbons (Fsp3) is 0.407. The maximum absolute atomic E-state index is 13.4. The summed E-state index contributed by atoms with van der Waals surface area (Å²) < 4.78 is 31.5. The Labute approximate surface area is 235 Å². The van der Waals surface area contributed by atoms with E-state index in [1.54, 1.807) is 7.11 Å². The van der Waals surface area contributed by atoms with Gasteiger partial charge >= 0.3 is 0 Å². The highest BCUT2D eigenvalue weighted by molar-refractivity contribution is 8.67. The zero-order valence-electron chi connectivity index (χ0n) is 22.1. The molecule has 8 nitrogen and oxygen atoms in total. The van der Waals surface area contributed by atoms with Crippen LogP contribution < -0.4 is 20.1 Å². The van der Waals surface area contributed by atoms with Crippen LogP contribution in [0.15, 0.2) is 66.1 Å². The van der Waals surface area contributed by atoms with E-state index < -0.39 is 33.9 Å². The fourth-order valence-corrected chi connectivity index (χ4v) is 4.97. The van der Waals surface area contributed by atoms with Gasteiger partial charge in [-0.2, -0.15) is 0 Å². The van der Waals surface area contributed by atoms with Gasteiger partial charge in [0.05, 0.1) is 7.11 Å². The largest absolute Gasteiger partial charge is 0.497 e. The molecule has 0 aliphatic carbocycles. The third-order valence-corrected chi connectivity index (χ3v) is 6.99. The van der Waals surface area contributed by atoms with Crippen molar-refractivity contribution in [3.05, 3.63) is 77.2 Å². The number of hydrogen-bond donors (Lipinski definition) is 4. The van der Waals surface area contributed by atoms with Crippen molar-refractivity contribution < 1.29 is 22.7 Å². The van der Waals surface area contributed by atoms with E-state index >= 15 is 0 Å². The van der Waals surface area contributed by atoms with Crippen LogP contribution in [0.2, 0.25) is 0 Å². The molecule has 2 aromatic carbocycles. The predicted octanol–water partition coefficient (Wildman–Crippen LogP) is 3.51. The van der Waals surface area contributed by atoms with Crippen LogP contribution >= 0.6 is 22.6 Å². The highest BCUT2D eigenvalue weighted by atomic mass is 33.1. The van der Waals surface area contributed by atoms with Gasteiger partial charge in [-0.05, 0) is 53.0 Å². The molecule has 0 fully saturated rings. The summed E-state index contributed by atoms with van der Waals surface area (Å²) in [6.07, 6.45) is 3.77. The van der Waals surface area contributed by atoms with Gasteiger partial charge < -0.3 is 15.4 Å². The summed E-state index contributed by atoms with van der Waals surface area (Å²) in [4.78, 5) is 26.8. The molecule has 208 valence electrons. The minimum Gasteiger partial charge on any atom is -0.497 e. The van der Waals surface area contributed by atoms with Crippen LogP contribution in [0.25, 0.3) is 0 Å². The number of thiol groups is 1. The van der Waals surface area contributed by atoms with Gasteiger partial charge in [0.25, 0.3) is 0 Å². The SMILES string of the molecule is COc1ccc(C[C@H](NSS)C(=O)N[C@@H](Cc2ccccc2)C(=O)NC(/C=C/S(C)(=O)=O)CC(C)C)cc1. The second-order valence-corrected chi connectivity index (χ2v) is 12.4. The summed E-state index contributed by atoms with van der Waals surface area (Å²) in [5.41, 5.74) is 1.79. The quantitative estimate of drug-likeness (QED) is 0.145. The smallest absolute Gasteiger partial charge is 0.243 e. The zero-order valence-corrected chi connectivity index (χ0v) is 24.6. The standard InChI is InChI=1S/C27H37N3O5S3/c1-19(2)16-22(14-15-38(4,33)34)28-26(31)24(17-20-8-6-5-7-9-20)29-27(32)25(30-37-36)18-21-10-12-23(35-3)13-11-21/h5-15,19,22,24-25,30,36H,16-18H2,1-4H3,(H,28,31)(H,29,32)/b15-14+/t22?,24-,25-/m0/s1. The first kappa shape index (κ1) is 31.7. The lowest BCUT2D eigenvalue weighted by Crippen LogP contribution is -2.54. The number of ether oxygens (including phenoxy) is 1. The van der Waals surface area contributed by atoms with E-state index in [4.69, 9.17) is 4.74 Å². The van der Waals surface area contributed by atoms with Crippen molar-refractivity contribution in [2.24, 2.45) is 5.92 Å². The minimum absolute atomic E-state index is 0.206. The summed E-state index contributed by atoms with van der Waals surface area (Å²) >= 11 is 4.16. The second kappa shape index (κ2) is 15.8. The third-order valence-electron chi connectivity index (χ3n) is 5.64. The third kappa shape index (κ3) is 11.9. The molecular weight excluding hydrogens is 543 g/mol. The Morgan fingerprint density at radius 1 is 0.947 bits per heavy atom. The van der Waals surface area contributed by atoms with Crippen LogP contribution in [0, 0.1) is 5.92 Å². The Bertz CT molecular complexity index is 1160. The van der Waals surface area contributed by atoms with Crippen molar-refractivity contribution in [3.63, 3.8) is 0 Å². The topological polar surface area (TPSA) is 114 Å². The summed E-state index contributed by atoms with van der Waals surface area (Å²) in [6.45, 7) is 3.97. The number of amides is 2. The highest BCUT2D eigenvalue weighted by Crippen LogP contribution is 2.15. The molecule has 0 heterocycles. The molecule has 0 aromatic heterocycles. The van der Waals surface area contributed by atoms with Crippen molar-refractivity contribution in [1.29, 1.82) is 0 Å². The van der Waals surface area contributed by atoms with E-state index in [1.807, 2.05) is 68.4 Å². The van der Waals surface area contributed by atoms with E-state index in [0.717, 1.165) is 33.8 Å². The molecule has 0 bridgehead atoms. The van der Waals surface area contributed by atoms with Gasteiger partial charge in [-0.15, -0.1) is 0 Å². The monoisotopic (exact) mass is 579 g/mol. The number of sulfone groups is 1. The summed E-state index contributed by atoms with van der Waals surface area (Å²) in [6, 6.07) is 14.7. The Balaban J connectivity index is 2.25. The van der Waals surface area contributed by atoms with E-state index in [2.05, 4.69) is 27.0 Å². The number of methoxy groups -OCH3 is 1. The van der Waals surface area contributed by atoms with Crippen molar-refractivity contribution >= 4 is 44.3 Å². The molecule has 0 saturated carbocycles. The Morgan fingerprint density at radius 3 is 2.08 bits per heavy atom. The Kier molecular flexibility index (Phi) is 13.2. The number of hydrogen-bond acceptors (Lipinski definition) is 8. The van der Waals surface area contributed by atoms with Gasteiger partial charge in [-0.3, -0.25) is 9.59 Å². The highest BCUT2D eigenvalue weighted by Gasteiger charge is 2.27. The number of carbonyl (C=O) groups is 2. The fourth-order valence-electron chi connectivity index (χ4n) is 3.79. The molecule has 1 unspecified atom stereocenters. The molecule has 2 aromatic rings. The maximum atomic E-state index is 13.4. The first-order valence-corrected chi connectivity index (χ1v) is 16.0. The first-order chi connectivity index (χ1) is 18.0. The molecule has 0 radical (unpaired) electrons. The van der Waals surface area contributed by atoms with Crippen molar-refractivity contribution in [1.82, 2.24) is 15.4 Å². The molecule has 3 atom stereocenters. The van der Waals surface area contributed by atoms with E-state index in [1.165, 1.54) is 6.08 Å². The molecule has 3 N–H and O–H groups in total.